The van der Waals surface area contributed by atoms with Gasteiger partial charge in [-0.3, -0.25) is 4.79 Å². The number of ether oxygens (including phenoxy) is 1. The summed E-state index contributed by atoms with van der Waals surface area (Å²) in [6.45, 7) is 0. The van der Waals surface area contributed by atoms with E-state index < -0.39 is 12.2 Å². The molecule has 0 aliphatic carbocycles. The predicted molar refractivity (Wildman–Crippen MR) is 48.3 cm³/mol. The highest BCUT2D eigenvalue weighted by atomic mass is 35.5. The molecule has 1 rings (SSSR count). The van der Waals surface area contributed by atoms with E-state index in [1.165, 1.54) is 25.3 Å². The first kappa shape index (κ1) is 10.9. The van der Waals surface area contributed by atoms with Gasteiger partial charge in [0, 0.05) is 5.56 Å². The van der Waals surface area contributed by atoms with E-state index in [2.05, 4.69) is 0 Å². The molecule has 14 heavy (non-hydrogen) atoms. The molecule has 1 aromatic carbocycles. The summed E-state index contributed by atoms with van der Waals surface area (Å²) in [5.74, 6) is -0.979. The molecule has 0 bridgehead atoms. The van der Waals surface area contributed by atoms with Crippen molar-refractivity contribution in [2.45, 2.75) is 6.43 Å². The summed E-state index contributed by atoms with van der Waals surface area (Å²) in [4.78, 5) is 10.9. The highest BCUT2D eigenvalue weighted by Crippen LogP contribution is 2.23. The fraction of sp³-hybridized carbons (Fsp3) is 0.222. The molecule has 0 N–H and O–H groups in total. The second-order valence-corrected chi connectivity index (χ2v) is 2.92. The molecule has 5 heteroatoms. The van der Waals surface area contributed by atoms with Gasteiger partial charge in [-0.05, 0) is 18.2 Å². The van der Waals surface area contributed by atoms with E-state index in [0.717, 1.165) is 0 Å². The molecule has 2 nitrogen and oxygen atoms in total. The van der Waals surface area contributed by atoms with Crippen molar-refractivity contribution >= 4 is 17.4 Å². The molecule has 1 aromatic rings. The van der Waals surface area contributed by atoms with Gasteiger partial charge in [0.2, 0.25) is 5.78 Å². The van der Waals surface area contributed by atoms with E-state index in [1.54, 1.807) is 0 Å². The van der Waals surface area contributed by atoms with E-state index >= 15 is 0 Å². The molecule has 0 aliphatic heterocycles. The topological polar surface area (TPSA) is 26.3 Å². The standard InChI is InChI=1S/C9H7ClF2O2/c1-14-5-2-3-7(10)6(4-5)8(13)9(11)12/h2-4,9H,1H3. The first-order chi connectivity index (χ1) is 6.56. The minimum Gasteiger partial charge on any atom is -0.497 e. The van der Waals surface area contributed by atoms with Crippen LogP contribution >= 0.6 is 11.6 Å². The number of alkyl halides is 2. The fourth-order valence-electron chi connectivity index (χ4n) is 0.938. The van der Waals surface area contributed by atoms with Crippen LogP contribution in [0.5, 0.6) is 5.75 Å². The fourth-order valence-corrected chi connectivity index (χ4v) is 1.15. The van der Waals surface area contributed by atoms with Gasteiger partial charge in [-0.1, -0.05) is 11.6 Å². The molecular formula is C9H7ClF2O2. The van der Waals surface area contributed by atoms with Gasteiger partial charge >= 0.3 is 6.43 Å². The molecular weight excluding hydrogens is 214 g/mol. The van der Waals surface area contributed by atoms with Crippen LogP contribution < -0.4 is 4.74 Å². The number of benzene rings is 1. The zero-order valence-corrected chi connectivity index (χ0v) is 8.02. The van der Waals surface area contributed by atoms with Gasteiger partial charge < -0.3 is 4.74 Å². The quantitative estimate of drug-likeness (QED) is 0.733. The second kappa shape index (κ2) is 4.37. The number of ketones is 1. The minimum atomic E-state index is -3.06. The third-order valence-electron chi connectivity index (χ3n) is 1.64. The van der Waals surface area contributed by atoms with Crippen molar-refractivity contribution in [2.24, 2.45) is 0 Å². The molecule has 76 valence electrons. The average molecular weight is 221 g/mol. The van der Waals surface area contributed by atoms with Crippen molar-refractivity contribution < 1.29 is 18.3 Å². The van der Waals surface area contributed by atoms with Crippen LogP contribution in [0, 0.1) is 0 Å². The number of carbonyl (C=O) groups is 1. The van der Waals surface area contributed by atoms with Gasteiger partial charge in [-0.15, -0.1) is 0 Å². The molecule has 0 radical (unpaired) electrons. The summed E-state index contributed by atoms with van der Waals surface area (Å²) in [5.41, 5.74) is -0.221. The van der Waals surface area contributed by atoms with Gasteiger partial charge in [0.25, 0.3) is 0 Å². The van der Waals surface area contributed by atoms with Crippen molar-refractivity contribution in [3.8, 4) is 5.75 Å². The van der Waals surface area contributed by atoms with Crippen LogP contribution in [0.2, 0.25) is 5.02 Å². The Hall–Kier alpha value is -1.16. The van der Waals surface area contributed by atoms with Crippen LogP contribution in [0.15, 0.2) is 18.2 Å². The highest BCUT2D eigenvalue weighted by molar-refractivity contribution is 6.34. The Morgan fingerprint density at radius 1 is 1.50 bits per heavy atom. The first-order valence-corrected chi connectivity index (χ1v) is 4.10. The van der Waals surface area contributed by atoms with Gasteiger partial charge in [0.1, 0.15) is 5.75 Å². The Morgan fingerprint density at radius 3 is 2.64 bits per heavy atom. The van der Waals surface area contributed by atoms with Crippen molar-refractivity contribution in [1.82, 2.24) is 0 Å². The lowest BCUT2D eigenvalue weighted by Crippen LogP contribution is -2.10. The lowest BCUT2D eigenvalue weighted by Gasteiger charge is -2.05. The number of methoxy groups -OCH3 is 1. The number of hydrogen-bond acceptors (Lipinski definition) is 2. The summed E-state index contributed by atoms with van der Waals surface area (Å²) in [7, 11) is 1.37. The lowest BCUT2D eigenvalue weighted by atomic mass is 10.1. The molecule has 0 aliphatic rings. The van der Waals surface area contributed by atoms with E-state index in [0.29, 0.717) is 5.75 Å². The monoisotopic (exact) mass is 220 g/mol. The third kappa shape index (κ3) is 2.20. The summed E-state index contributed by atoms with van der Waals surface area (Å²) in [5, 5.41) is -0.00361. The number of hydrogen-bond donors (Lipinski definition) is 0. The van der Waals surface area contributed by atoms with Crippen LogP contribution in [0.3, 0.4) is 0 Å². The number of Topliss-reactive ketones (excluding diaryl/α,β-unsaturated/α-hetero) is 1. The first-order valence-electron chi connectivity index (χ1n) is 3.72. The van der Waals surface area contributed by atoms with Gasteiger partial charge in [0.05, 0.1) is 12.1 Å². The molecule has 0 saturated heterocycles. The number of halogens is 3. The van der Waals surface area contributed by atoms with Crippen LogP contribution in [-0.4, -0.2) is 19.3 Å². The van der Waals surface area contributed by atoms with Crippen LogP contribution in [0.25, 0.3) is 0 Å². The normalized spacial score (nSPS) is 10.4. The van der Waals surface area contributed by atoms with Crippen molar-refractivity contribution in [3.05, 3.63) is 28.8 Å². The maximum absolute atomic E-state index is 12.1. The van der Waals surface area contributed by atoms with Crippen LogP contribution in [0.4, 0.5) is 8.78 Å². The van der Waals surface area contributed by atoms with Crippen molar-refractivity contribution in [3.63, 3.8) is 0 Å². The maximum Gasteiger partial charge on any atom is 0.300 e. The summed E-state index contributed by atoms with van der Waals surface area (Å²) in [6.07, 6.45) is -3.06. The molecule has 0 heterocycles. The van der Waals surface area contributed by atoms with Gasteiger partial charge in [-0.25, -0.2) is 8.78 Å². The SMILES string of the molecule is COc1ccc(Cl)c(C(=O)C(F)F)c1. The summed E-state index contributed by atoms with van der Waals surface area (Å²) >= 11 is 5.58. The van der Waals surface area contributed by atoms with Gasteiger partial charge in [0.15, 0.2) is 0 Å². The Labute approximate surface area is 84.4 Å². The lowest BCUT2D eigenvalue weighted by molar-refractivity contribution is 0.0678. The van der Waals surface area contributed by atoms with E-state index in [9.17, 15) is 13.6 Å². The molecule has 0 unspecified atom stereocenters. The largest absolute Gasteiger partial charge is 0.497 e. The maximum atomic E-state index is 12.1. The Bertz CT molecular complexity index is 353. The molecule has 0 fully saturated rings. The zero-order valence-electron chi connectivity index (χ0n) is 7.26. The number of carbonyl (C=O) groups excluding carboxylic acids is 1. The average Bonchev–Trinajstić information content (AvgIpc) is 2.17. The minimum absolute atomic E-state index is 0.00361. The third-order valence-corrected chi connectivity index (χ3v) is 1.97. The summed E-state index contributed by atoms with van der Waals surface area (Å²) < 4.78 is 28.9. The second-order valence-electron chi connectivity index (χ2n) is 2.51. The highest BCUT2D eigenvalue weighted by Gasteiger charge is 2.20. The van der Waals surface area contributed by atoms with E-state index in [-0.39, 0.29) is 10.6 Å². The predicted octanol–water partition coefficient (Wildman–Crippen LogP) is 2.80. The van der Waals surface area contributed by atoms with Crippen LogP contribution in [-0.2, 0) is 0 Å². The molecule has 0 amide bonds. The molecule has 0 atom stereocenters. The van der Waals surface area contributed by atoms with Crippen LogP contribution in [0.1, 0.15) is 10.4 Å². The van der Waals surface area contributed by atoms with Gasteiger partial charge in [-0.2, -0.15) is 0 Å². The Balaban J connectivity index is 3.12. The molecule has 0 spiro atoms. The van der Waals surface area contributed by atoms with E-state index in [1.807, 2.05) is 0 Å². The van der Waals surface area contributed by atoms with Crippen molar-refractivity contribution in [2.75, 3.05) is 7.11 Å². The molecule has 0 saturated carbocycles. The molecule has 0 aromatic heterocycles. The van der Waals surface area contributed by atoms with Crippen molar-refractivity contribution in [1.29, 1.82) is 0 Å². The zero-order chi connectivity index (χ0) is 10.7. The summed E-state index contributed by atoms with van der Waals surface area (Å²) in [6, 6.07) is 4.03. The van der Waals surface area contributed by atoms with E-state index in [4.69, 9.17) is 16.3 Å². The Morgan fingerprint density at radius 2 is 2.14 bits per heavy atom. The Kier molecular flexibility index (Phi) is 3.41. The smallest absolute Gasteiger partial charge is 0.300 e. The number of rotatable bonds is 3.